The fraction of sp³-hybridized carbons (Fsp3) is 0.351. The zero-order chi connectivity index (χ0) is 29.8. The van der Waals surface area contributed by atoms with Crippen LogP contribution in [0.3, 0.4) is 0 Å². The van der Waals surface area contributed by atoms with E-state index in [2.05, 4.69) is 95.1 Å². The van der Waals surface area contributed by atoms with Gasteiger partial charge < -0.3 is 14.5 Å². The Kier molecular flexibility index (Phi) is 8.54. The smallest absolute Gasteiger partial charge is 0.223 e. The number of nitrogens with zero attached hydrogens (tertiary/aromatic N) is 2. The van der Waals surface area contributed by atoms with Crippen LogP contribution in [0, 0.1) is 6.92 Å². The number of aromatic amines is 1. The lowest BCUT2D eigenvalue weighted by molar-refractivity contribution is -0.113. The Morgan fingerprint density at radius 1 is 0.674 bits per heavy atom. The summed E-state index contributed by atoms with van der Waals surface area (Å²) in [4.78, 5) is 14.2. The minimum atomic E-state index is -1.08. The Morgan fingerprint density at radius 3 is 1.84 bits per heavy atom. The summed E-state index contributed by atoms with van der Waals surface area (Å²) < 4.78 is 12.7. The normalized spacial score (nSPS) is 18.5. The van der Waals surface area contributed by atoms with Crippen LogP contribution in [0.1, 0.15) is 87.5 Å². The van der Waals surface area contributed by atoms with Gasteiger partial charge in [-0.25, -0.2) is 9.98 Å². The van der Waals surface area contributed by atoms with Gasteiger partial charge in [-0.15, -0.1) is 12.4 Å². The van der Waals surface area contributed by atoms with Gasteiger partial charge in [0.25, 0.3) is 0 Å². The van der Waals surface area contributed by atoms with E-state index in [0.29, 0.717) is 0 Å². The van der Waals surface area contributed by atoms with Gasteiger partial charge in [-0.2, -0.15) is 0 Å². The maximum atomic E-state index is 6.35. The topological polar surface area (TPSA) is 59.0 Å². The number of methoxy groups -OCH3 is 2. The number of aromatic nitrogens is 1. The molecule has 1 aromatic heterocycles. The molecule has 0 spiro atoms. The Labute approximate surface area is 262 Å². The molecule has 0 fully saturated rings. The lowest BCUT2D eigenvalue weighted by Gasteiger charge is -2.30. The van der Waals surface area contributed by atoms with E-state index in [4.69, 9.17) is 19.5 Å². The minimum absolute atomic E-state index is 0. The average molecular weight is 596 g/mol. The van der Waals surface area contributed by atoms with Crippen LogP contribution in [0.15, 0.2) is 80.1 Å². The second-order valence-electron chi connectivity index (χ2n) is 11.3. The Bertz CT molecular complexity index is 1750. The highest BCUT2D eigenvalue weighted by atomic mass is 35.5. The summed E-state index contributed by atoms with van der Waals surface area (Å²) in [6.45, 7) is 13.3. The number of fused-ring (bicyclic) bond motifs is 9. The third-order valence-corrected chi connectivity index (χ3v) is 9.39. The number of hydrogen-bond donors (Lipinski definition) is 1. The highest BCUT2D eigenvalue weighted by molar-refractivity contribution is 6.20. The largest absolute Gasteiger partial charge is 0.355 e. The molecule has 0 atom stereocenters. The molecule has 4 aliphatic rings. The highest BCUT2D eigenvalue weighted by Crippen LogP contribution is 2.52. The molecule has 8 bridgehead atoms. The number of aliphatic imine (C=N–C) groups is 2. The van der Waals surface area contributed by atoms with Crippen molar-refractivity contribution in [1.82, 2.24) is 4.98 Å². The predicted octanol–water partition coefficient (Wildman–Crippen LogP) is 9.22. The van der Waals surface area contributed by atoms with Crippen LogP contribution < -0.4 is 0 Å². The molecule has 0 saturated heterocycles. The van der Waals surface area contributed by atoms with Gasteiger partial charge in [-0.1, -0.05) is 52.0 Å². The summed E-state index contributed by atoms with van der Waals surface area (Å²) in [7, 11) is 3.46. The maximum Gasteiger partial charge on any atom is 0.223 e. The first-order valence-electron chi connectivity index (χ1n) is 15.2. The first-order valence-corrected chi connectivity index (χ1v) is 15.2. The van der Waals surface area contributed by atoms with Crippen molar-refractivity contribution in [3.05, 3.63) is 104 Å². The molecule has 1 aromatic carbocycles. The van der Waals surface area contributed by atoms with Crippen molar-refractivity contribution in [1.29, 1.82) is 0 Å². The van der Waals surface area contributed by atoms with Gasteiger partial charge in [0.15, 0.2) is 0 Å². The van der Waals surface area contributed by atoms with Crippen LogP contribution in [-0.4, -0.2) is 36.4 Å². The molecule has 6 rings (SSSR count). The zero-order valence-electron chi connectivity index (χ0n) is 26.6. The van der Waals surface area contributed by atoms with E-state index >= 15 is 0 Å². The van der Waals surface area contributed by atoms with Crippen molar-refractivity contribution in [2.75, 3.05) is 14.2 Å². The van der Waals surface area contributed by atoms with Crippen molar-refractivity contribution in [3.63, 3.8) is 0 Å². The molecule has 6 heteroatoms. The summed E-state index contributed by atoms with van der Waals surface area (Å²) in [5, 5.41) is 0. The minimum Gasteiger partial charge on any atom is -0.355 e. The van der Waals surface area contributed by atoms with E-state index in [1.807, 2.05) is 0 Å². The average Bonchev–Trinajstić information content (AvgIpc) is 3.67. The first kappa shape index (κ1) is 30.9. The second kappa shape index (κ2) is 11.9. The number of nitrogens with one attached hydrogen (secondary N) is 1. The molecule has 0 radical (unpaired) electrons. The van der Waals surface area contributed by atoms with Gasteiger partial charge in [0.2, 0.25) is 5.79 Å². The quantitative estimate of drug-likeness (QED) is 0.338. The van der Waals surface area contributed by atoms with Crippen LogP contribution in [0.2, 0.25) is 0 Å². The number of ether oxygens (including phenoxy) is 2. The van der Waals surface area contributed by atoms with Crippen LogP contribution in [-0.2, 0) is 15.9 Å². The molecule has 1 N–H and O–H groups in total. The third kappa shape index (κ3) is 4.61. The van der Waals surface area contributed by atoms with Gasteiger partial charge in [0.05, 0.1) is 22.8 Å². The van der Waals surface area contributed by atoms with Gasteiger partial charge in [-0.3, -0.25) is 0 Å². The Balaban J connectivity index is 0.00000368. The standard InChI is InChI=1S/C37H41N3O2.ClH/c1-9-23-21(5)31-17-29-27-15-13-14-16-28(27)30(37(29,41-7)42-8)18-32-22(6)24(10-2)34(39-32)20-36-26(12-4)25(11-3)35(40-36)19-33(23)38-31;/h13-20,38H,9-12H2,1-8H3;1H. The van der Waals surface area contributed by atoms with Crippen LogP contribution in [0.5, 0.6) is 0 Å². The van der Waals surface area contributed by atoms with Crippen molar-refractivity contribution in [2.24, 2.45) is 9.98 Å². The Morgan fingerprint density at radius 2 is 1.26 bits per heavy atom. The fourth-order valence-corrected chi connectivity index (χ4v) is 7.21. The summed E-state index contributed by atoms with van der Waals surface area (Å²) in [5.74, 6) is -1.08. The highest BCUT2D eigenvalue weighted by Gasteiger charge is 2.48. The molecule has 43 heavy (non-hydrogen) atoms. The molecule has 4 heterocycles. The number of H-pyrrole nitrogens is 1. The molecule has 1 aliphatic carbocycles. The van der Waals surface area contributed by atoms with Gasteiger partial charge >= 0.3 is 0 Å². The van der Waals surface area contributed by atoms with Gasteiger partial charge in [0, 0.05) is 36.8 Å². The Hall–Kier alpha value is -3.51. The molecule has 0 amide bonds. The third-order valence-electron chi connectivity index (χ3n) is 9.39. The van der Waals surface area contributed by atoms with Crippen LogP contribution in [0.25, 0.3) is 23.3 Å². The van der Waals surface area contributed by atoms with Crippen molar-refractivity contribution in [3.8, 4) is 0 Å². The lowest BCUT2D eigenvalue weighted by Crippen LogP contribution is -2.33. The summed E-state index contributed by atoms with van der Waals surface area (Å²) in [5.41, 5.74) is 17.9. The fourth-order valence-electron chi connectivity index (χ4n) is 7.21. The second-order valence-corrected chi connectivity index (χ2v) is 11.3. The zero-order valence-corrected chi connectivity index (χ0v) is 27.4. The molecule has 3 aliphatic heterocycles. The van der Waals surface area contributed by atoms with Crippen molar-refractivity contribution in [2.45, 2.75) is 73.0 Å². The number of benzene rings is 1. The van der Waals surface area contributed by atoms with Crippen LogP contribution in [0.4, 0.5) is 0 Å². The molecule has 5 nitrogen and oxygen atoms in total. The number of hydrogen-bond acceptors (Lipinski definition) is 4. The maximum absolute atomic E-state index is 6.35. The number of allylic oxidation sites excluding steroid dienone is 6. The first-order chi connectivity index (χ1) is 20.3. The van der Waals surface area contributed by atoms with E-state index in [1.54, 1.807) is 14.2 Å². The summed E-state index contributed by atoms with van der Waals surface area (Å²) in [6, 6.07) is 8.47. The van der Waals surface area contributed by atoms with Crippen molar-refractivity contribution >= 4 is 47.1 Å². The summed E-state index contributed by atoms with van der Waals surface area (Å²) in [6.07, 6.45) is 12.5. The molecule has 224 valence electrons. The van der Waals surface area contributed by atoms with E-state index in [1.165, 1.54) is 33.4 Å². The lowest BCUT2D eigenvalue weighted by atomic mass is 9.96. The van der Waals surface area contributed by atoms with E-state index in [0.717, 1.165) is 82.2 Å². The molecular weight excluding hydrogens is 554 g/mol. The molecule has 0 unspecified atom stereocenters. The van der Waals surface area contributed by atoms with E-state index in [-0.39, 0.29) is 12.4 Å². The van der Waals surface area contributed by atoms with E-state index < -0.39 is 5.79 Å². The monoisotopic (exact) mass is 595 g/mol. The van der Waals surface area contributed by atoms with Gasteiger partial charge in [-0.05, 0) is 108 Å². The predicted molar refractivity (Wildman–Crippen MR) is 183 cm³/mol. The van der Waals surface area contributed by atoms with Crippen molar-refractivity contribution < 1.29 is 9.47 Å². The molecule has 2 aromatic rings. The van der Waals surface area contributed by atoms with Gasteiger partial charge in [0.1, 0.15) is 0 Å². The molecular formula is C37H42ClN3O2. The summed E-state index contributed by atoms with van der Waals surface area (Å²) >= 11 is 0. The number of rotatable bonds is 6. The number of halogens is 1. The molecule has 0 saturated carbocycles. The SMILES string of the molecule is CCC1=C(C)C2=NC1=CC1=NC(=Cc3[nH]c(c(C)c3CC)C=C3c4ccccc4C(=C2)C3(OC)OC)C(CC)=C1CC.Cl. The van der Waals surface area contributed by atoms with E-state index in [9.17, 15) is 0 Å². The van der Waals surface area contributed by atoms with Crippen LogP contribution >= 0.6 is 12.4 Å².